The molecule has 0 radical (unpaired) electrons. The lowest BCUT2D eigenvalue weighted by Crippen LogP contribution is -2.15. The highest BCUT2D eigenvalue weighted by atomic mass is 16.1. The van der Waals surface area contributed by atoms with Gasteiger partial charge in [-0.2, -0.15) is 5.10 Å². The van der Waals surface area contributed by atoms with Crippen molar-refractivity contribution in [2.75, 3.05) is 0 Å². The maximum Gasteiger partial charge on any atom is 0.269 e. The molecular formula is C19H15N5O. The Bertz CT molecular complexity index is 1100. The van der Waals surface area contributed by atoms with E-state index in [-0.39, 0.29) is 5.69 Å². The van der Waals surface area contributed by atoms with Crippen molar-refractivity contribution in [1.82, 2.24) is 19.6 Å². The van der Waals surface area contributed by atoms with Crippen LogP contribution in [0.5, 0.6) is 0 Å². The van der Waals surface area contributed by atoms with E-state index in [1.807, 2.05) is 61.5 Å². The number of fused-ring (bicyclic) bond motifs is 1. The predicted molar refractivity (Wildman–Crippen MR) is 94.9 cm³/mol. The highest BCUT2D eigenvalue weighted by Crippen LogP contribution is 2.30. The number of benzene rings is 1. The van der Waals surface area contributed by atoms with Gasteiger partial charge in [0.25, 0.3) is 5.91 Å². The maximum absolute atomic E-state index is 11.6. The van der Waals surface area contributed by atoms with E-state index in [0.29, 0.717) is 11.3 Å². The fourth-order valence-corrected chi connectivity index (χ4v) is 2.81. The third kappa shape index (κ3) is 2.63. The van der Waals surface area contributed by atoms with Crippen molar-refractivity contribution in [3.05, 3.63) is 72.2 Å². The van der Waals surface area contributed by atoms with Crippen molar-refractivity contribution in [2.45, 2.75) is 6.92 Å². The summed E-state index contributed by atoms with van der Waals surface area (Å²) in [6.45, 7) is 1.96. The zero-order valence-electron chi connectivity index (χ0n) is 13.5. The first kappa shape index (κ1) is 15.0. The number of imidazole rings is 1. The molecule has 2 N–H and O–H groups in total. The van der Waals surface area contributed by atoms with E-state index < -0.39 is 5.91 Å². The number of hydrogen-bond acceptors (Lipinski definition) is 4. The number of carbonyl (C=O) groups is 1. The molecule has 1 amide bonds. The smallest absolute Gasteiger partial charge is 0.269 e. The van der Waals surface area contributed by atoms with Gasteiger partial charge in [-0.05, 0) is 31.2 Å². The summed E-state index contributed by atoms with van der Waals surface area (Å²) in [4.78, 5) is 20.3. The molecule has 0 atom stereocenters. The SMILES string of the molecule is Cc1cccc(-c2ccccc2-c2ccc3ncc(C(N)=O)n3n2)n1. The molecule has 6 heteroatoms. The van der Waals surface area contributed by atoms with Gasteiger partial charge in [-0.15, -0.1) is 0 Å². The summed E-state index contributed by atoms with van der Waals surface area (Å²) < 4.78 is 1.47. The molecule has 0 aliphatic rings. The van der Waals surface area contributed by atoms with E-state index in [4.69, 9.17) is 5.73 Å². The highest BCUT2D eigenvalue weighted by Gasteiger charge is 2.13. The molecule has 0 bridgehead atoms. The number of nitrogens with zero attached hydrogens (tertiary/aromatic N) is 4. The third-order valence-electron chi connectivity index (χ3n) is 3.98. The van der Waals surface area contributed by atoms with Crippen LogP contribution >= 0.6 is 0 Å². The van der Waals surface area contributed by atoms with E-state index in [2.05, 4.69) is 15.1 Å². The van der Waals surface area contributed by atoms with Gasteiger partial charge in [0.15, 0.2) is 5.65 Å². The van der Waals surface area contributed by atoms with Crippen LogP contribution in [-0.4, -0.2) is 25.5 Å². The fraction of sp³-hybridized carbons (Fsp3) is 0.0526. The van der Waals surface area contributed by atoms with E-state index in [0.717, 1.165) is 22.5 Å². The van der Waals surface area contributed by atoms with E-state index in [1.54, 1.807) is 0 Å². The van der Waals surface area contributed by atoms with Crippen LogP contribution in [-0.2, 0) is 0 Å². The van der Waals surface area contributed by atoms with Crippen molar-refractivity contribution in [1.29, 1.82) is 0 Å². The lowest BCUT2D eigenvalue weighted by atomic mass is 10.0. The number of rotatable bonds is 3. The van der Waals surface area contributed by atoms with Crippen LogP contribution in [0, 0.1) is 6.92 Å². The summed E-state index contributed by atoms with van der Waals surface area (Å²) in [5.74, 6) is -0.564. The number of amides is 1. The molecule has 6 nitrogen and oxygen atoms in total. The van der Waals surface area contributed by atoms with Gasteiger partial charge in [-0.3, -0.25) is 9.78 Å². The Morgan fingerprint density at radius 2 is 1.72 bits per heavy atom. The van der Waals surface area contributed by atoms with Crippen LogP contribution in [0.2, 0.25) is 0 Å². The Labute approximate surface area is 144 Å². The van der Waals surface area contributed by atoms with Crippen LogP contribution in [0.1, 0.15) is 16.2 Å². The minimum absolute atomic E-state index is 0.253. The maximum atomic E-state index is 11.6. The molecule has 0 saturated carbocycles. The number of nitrogens with two attached hydrogens (primary N) is 1. The molecule has 25 heavy (non-hydrogen) atoms. The first-order chi connectivity index (χ1) is 12.1. The van der Waals surface area contributed by atoms with Crippen LogP contribution in [0.3, 0.4) is 0 Å². The Kier molecular flexibility index (Phi) is 3.50. The minimum Gasteiger partial charge on any atom is -0.364 e. The summed E-state index contributed by atoms with van der Waals surface area (Å²) in [7, 11) is 0. The van der Waals surface area contributed by atoms with Gasteiger partial charge < -0.3 is 5.73 Å². The van der Waals surface area contributed by atoms with Crippen molar-refractivity contribution >= 4 is 11.6 Å². The molecule has 0 aliphatic carbocycles. The molecular weight excluding hydrogens is 314 g/mol. The zero-order valence-corrected chi connectivity index (χ0v) is 13.5. The summed E-state index contributed by atoms with van der Waals surface area (Å²) in [6.07, 6.45) is 1.43. The zero-order chi connectivity index (χ0) is 17.4. The summed E-state index contributed by atoms with van der Waals surface area (Å²) >= 11 is 0. The second-order valence-corrected chi connectivity index (χ2v) is 5.71. The average Bonchev–Trinajstić information content (AvgIpc) is 3.05. The topological polar surface area (TPSA) is 86.2 Å². The third-order valence-corrected chi connectivity index (χ3v) is 3.98. The minimum atomic E-state index is -0.564. The molecule has 0 unspecified atom stereocenters. The van der Waals surface area contributed by atoms with Gasteiger partial charge in [0.1, 0.15) is 5.69 Å². The van der Waals surface area contributed by atoms with Gasteiger partial charge in [0.05, 0.1) is 17.6 Å². The van der Waals surface area contributed by atoms with Crippen LogP contribution < -0.4 is 5.73 Å². The molecule has 3 aromatic heterocycles. The Morgan fingerprint density at radius 3 is 2.44 bits per heavy atom. The molecule has 0 aliphatic heterocycles. The number of hydrogen-bond donors (Lipinski definition) is 1. The fourth-order valence-electron chi connectivity index (χ4n) is 2.81. The van der Waals surface area contributed by atoms with E-state index >= 15 is 0 Å². The molecule has 4 aromatic rings. The predicted octanol–water partition coefficient (Wildman–Crippen LogP) is 2.87. The Hall–Kier alpha value is -3.54. The number of aromatic nitrogens is 4. The molecule has 0 saturated heterocycles. The molecule has 1 aromatic carbocycles. The second kappa shape index (κ2) is 5.83. The molecule has 3 heterocycles. The number of aryl methyl sites for hydroxylation is 1. The van der Waals surface area contributed by atoms with Gasteiger partial charge in [-0.1, -0.05) is 30.3 Å². The number of pyridine rings is 1. The molecule has 0 fully saturated rings. The van der Waals surface area contributed by atoms with E-state index in [9.17, 15) is 4.79 Å². The summed E-state index contributed by atoms with van der Waals surface area (Å²) in [5.41, 5.74) is 10.7. The summed E-state index contributed by atoms with van der Waals surface area (Å²) in [5, 5.41) is 4.56. The lowest BCUT2D eigenvalue weighted by molar-refractivity contribution is 0.0993. The largest absolute Gasteiger partial charge is 0.364 e. The van der Waals surface area contributed by atoms with Crippen molar-refractivity contribution in [3.63, 3.8) is 0 Å². The van der Waals surface area contributed by atoms with Gasteiger partial charge in [0, 0.05) is 16.8 Å². The van der Waals surface area contributed by atoms with E-state index in [1.165, 1.54) is 10.7 Å². The number of primary amides is 1. The van der Waals surface area contributed by atoms with Crippen molar-refractivity contribution in [3.8, 4) is 22.5 Å². The molecule has 0 spiro atoms. The number of carbonyl (C=O) groups excluding carboxylic acids is 1. The first-order valence-corrected chi connectivity index (χ1v) is 7.81. The van der Waals surface area contributed by atoms with Crippen molar-refractivity contribution in [2.24, 2.45) is 5.73 Å². The quantitative estimate of drug-likeness (QED) is 0.626. The monoisotopic (exact) mass is 329 g/mol. The highest BCUT2D eigenvalue weighted by molar-refractivity contribution is 5.91. The Morgan fingerprint density at radius 1 is 0.960 bits per heavy atom. The van der Waals surface area contributed by atoms with Crippen LogP contribution in [0.25, 0.3) is 28.2 Å². The molecule has 4 rings (SSSR count). The first-order valence-electron chi connectivity index (χ1n) is 7.81. The Balaban J connectivity index is 1.92. The van der Waals surface area contributed by atoms with Gasteiger partial charge in [0.2, 0.25) is 0 Å². The standard InChI is InChI=1S/C19H15N5O/c1-12-5-4-8-15(22-12)13-6-2-3-7-14(13)16-9-10-18-21-11-17(19(20)25)24(18)23-16/h2-11H,1H3,(H2,20,25). The normalized spacial score (nSPS) is 10.9. The lowest BCUT2D eigenvalue weighted by Gasteiger charge is -2.10. The second-order valence-electron chi connectivity index (χ2n) is 5.71. The summed E-state index contributed by atoms with van der Waals surface area (Å²) in [6, 6.07) is 17.5. The van der Waals surface area contributed by atoms with Gasteiger partial charge >= 0.3 is 0 Å². The van der Waals surface area contributed by atoms with Crippen LogP contribution in [0.15, 0.2) is 60.8 Å². The average molecular weight is 329 g/mol. The van der Waals surface area contributed by atoms with Crippen molar-refractivity contribution < 1.29 is 4.79 Å². The van der Waals surface area contributed by atoms with Gasteiger partial charge in [-0.25, -0.2) is 9.50 Å². The molecule has 122 valence electrons. The van der Waals surface area contributed by atoms with Crippen LogP contribution in [0.4, 0.5) is 0 Å².